The van der Waals surface area contributed by atoms with Gasteiger partial charge in [0.05, 0.1) is 1.37 Å². The molecule has 1 fully saturated rings. The van der Waals surface area contributed by atoms with Gasteiger partial charge in [0, 0.05) is 19.5 Å². The summed E-state index contributed by atoms with van der Waals surface area (Å²) in [6.45, 7) is -0.201. The molecule has 1 rings (SSSR count). The maximum Gasteiger partial charge on any atom is 0.0545 e. The van der Waals surface area contributed by atoms with Crippen LogP contribution in [0.3, 0.4) is 0 Å². The Morgan fingerprint density at radius 3 is 3.20 bits per heavy atom. The Kier molecular flexibility index (Phi) is 0.618. The number of nitrogens with one attached hydrogen (secondary N) is 1. The molecule has 2 heteroatoms. The van der Waals surface area contributed by atoms with Crippen LogP contribution in [-0.4, -0.2) is 18.1 Å². The molecule has 0 amide bonds. The Hall–Kier alpha value is 0.310. The molecule has 1 N–H and O–H groups in total. The second kappa shape index (κ2) is 1.67. The van der Waals surface area contributed by atoms with Crippen LogP contribution in [0.4, 0.5) is 0 Å². The zero-order valence-corrected chi connectivity index (χ0v) is 3.59. The molecule has 5 heavy (non-hydrogen) atoms. The van der Waals surface area contributed by atoms with Crippen LogP contribution in [0, 0.1) is 0 Å². The molecule has 0 radical (unpaired) electrons. The van der Waals surface area contributed by atoms with Gasteiger partial charge in [0.25, 0.3) is 0 Å². The fourth-order valence-corrected chi connectivity index (χ4v) is 0.722. The first-order valence-corrected chi connectivity index (χ1v) is 2.56. The molecule has 0 saturated carbocycles. The second-order valence-electron chi connectivity index (χ2n) is 0.822. The average molecular weight is 91.2 g/mol. The summed E-state index contributed by atoms with van der Waals surface area (Å²) in [5.74, 6) is 0.510. The van der Waals surface area contributed by atoms with Crippen LogP contribution in [-0.2, 0) is 0 Å². The fourth-order valence-electron chi connectivity index (χ4n) is 0.241. The van der Waals surface area contributed by atoms with Crippen LogP contribution in [0.2, 0.25) is 0 Å². The Labute approximate surface area is 38.9 Å². The van der Waals surface area contributed by atoms with Crippen LogP contribution >= 0.6 is 11.8 Å². The molecular weight excluding hydrogens is 82.1 g/mol. The van der Waals surface area contributed by atoms with Crippen molar-refractivity contribution in [2.24, 2.45) is 0 Å². The third-order valence-corrected chi connectivity index (χ3v) is 1.11. The standard InChI is InChI=1S/C3H7NS/c1-2-5-3-4-1/h4H,1-3H2/i1D,3D. The molecule has 1 nitrogen and oxygen atoms in total. The lowest BCUT2D eigenvalue weighted by Crippen LogP contribution is -2.04. The molecule has 0 spiro atoms. The summed E-state index contributed by atoms with van der Waals surface area (Å²) in [7, 11) is 0. The summed E-state index contributed by atoms with van der Waals surface area (Å²) in [5, 5.41) is 2.71. The molecule has 0 bridgehead atoms. The highest BCUT2D eigenvalue weighted by Crippen LogP contribution is 1.99. The molecular formula is C3H7NS. The van der Waals surface area contributed by atoms with Crippen LogP contribution < -0.4 is 5.32 Å². The zero-order chi connectivity index (χ0) is 5.28. The van der Waals surface area contributed by atoms with Gasteiger partial charge in [0.2, 0.25) is 0 Å². The molecule has 1 saturated heterocycles. The van der Waals surface area contributed by atoms with Crippen molar-refractivity contribution in [2.45, 2.75) is 0 Å². The summed E-state index contributed by atoms with van der Waals surface area (Å²) in [6, 6.07) is 0. The van der Waals surface area contributed by atoms with Crippen LogP contribution in [0.15, 0.2) is 0 Å². The summed E-state index contributed by atoms with van der Waals surface area (Å²) in [6.07, 6.45) is 0. The number of thioether (sulfide) groups is 1. The van der Waals surface area contributed by atoms with Crippen molar-refractivity contribution in [1.29, 1.82) is 0 Å². The van der Waals surface area contributed by atoms with Gasteiger partial charge in [0.1, 0.15) is 0 Å². The monoisotopic (exact) mass is 91.0 g/mol. The first-order chi connectivity index (χ1) is 3.29. The van der Waals surface area contributed by atoms with Gasteiger partial charge in [-0.2, -0.15) is 0 Å². The molecule has 2 unspecified atom stereocenters. The van der Waals surface area contributed by atoms with Gasteiger partial charge in [-0.3, -0.25) is 0 Å². The highest BCUT2D eigenvalue weighted by molar-refractivity contribution is 7.99. The molecule has 0 aromatic carbocycles. The third kappa shape index (κ3) is 0.816. The molecule has 0 aromatic rings. The van der Waals surface area contributed by atoms with E-state index >= 15 is 0 Å². The van der Waals surface area contributed by atoms with E-state index in [1.807, 2.05) is 0 Å². The quantitative estimate of drug-likeness (QED) is 0.459. The lowest BCUT2D eigenvalue weighted by atomic mass is 10.8. The molecule has 1 heterocycles. The van der Waals surface area contributed by atoms with E-state index in [4.69, 9.17) is 2.74 Å². The maximum absolute atomic E-state index is 7.01. The Balaban J connectivity index is 2.26. The molecule has 1 aliphatic heterocycles. The minimum atomic E-state index is -0.248. The molecule has 1 aliphatic rings. The maximum atomic E-state index is 7.01. The summed E-state index contributed by atoms with van der Waals surface area (Å²) >= 11 is 1.47. The van der Waals surface area contributed by atoms with Crippen molar-refractivity contribution in [3.05, 3.63) is 0 Å². The van der Waals surface area contributed by atoms with Gasteiger partial charge < -0.3 is 5.32 Å². The summed E-state index contributed by atoms with van der Waals surface area (Å²) < 4.78 is 14.0. The largest absolute Gasteiger partial charge is 0.307 e. The minimum Gasteiger partial charge on any atom is -0.307 e. The van der Waals surface area contributed by atoms with Crippen molar-refractivity contribution >= 4 is 11.8 Å². The van der Waals surface area contributed by atoms with E-state index < -0.39 is 0 Å². The third-order valence-electron chi connectivity index (χ3n) is 0.449. The van der Waals surface area contributed by atoms with Crippen LogP contribution in [0.25, 0.3) is 0 Å². The van der Waals surface area contributed by atoms with Gasteiger partial charge in [-0.15, -0.1) is 11.8 Å². The van der Waals surface area contributed by atoms with Gasteiger partial charge in [-0.1, -0.05) is 0 Å². The van der Waals surface area contributed by atoms with E-state index in [0.29, 0.717) is 0 Å². The topological polar surface area (TPSA) is 12.0 Å². The van der Waals surface area contributed by atoms with Gasteiger partial charge in [0.15, 0.2) is 0 Å². The summed E-state index contributed by atoms with van der Waals surface area (Å²) in [4.78, 5) is 0. The highest BCUT2D eigenvalue weighted by atomic mass is 32.2. The normalized spacial score (nSPS) is 59.2. The van der Waals surface area contributed by atoms with Crippen molar-refractivity contribution in [2.75, 3.05) is 18.1 Å². The van der Waals surface area contributed by atoms with Crippen molar-refractivity contribution in [1.82, 2.24) is 5.32 Å². The molecule has 30 valence electrons. The van der Waals surface area contributed by atoms with Crippen molar-refractivity contribution in [3.63, 3.8) is 0 Å². The molecule has 2 atom stereocenters. The molecule has 0 aliphatic carbocycles. The lowest BCUT2D eigenvalue weighted by molar-refractivity contribution is 0.885. The smallest absolute Gasteiger partial charge is 0.0545 e. The van der Waals surface area contributed by atoms with E-state index in [0.717, 1.165) is 5.75 Å². The fraction of sp³-hybridized carbons (Fsp3) is 1.00. The van der Waals surface area contributed by atoms with Crippen molar-refractivity contribution in [3.8, 4) is 0 Å². The number of hydrogen-bond donors (Lipinski definition) is 1. The average Bonchev–Trinajstić information content (AvgIpc) is 1.87. The van der Waals surface area contributed by atoms with E-state index in [2.05, 4.69) is 5.32 Å². The predicted molar refractivity (Wildman–Crippen MR) is 25.3 cm³/mol. The van der Waals surface area contributed by atoms with E-state index in [1.54, 1.807) is 0 Å². The van der Waals surface area contributed by atoms with Crippen LogP contribution in [0.5, 0.6) is 0 Å². The van der Waals surface area contributed by atoms with E-state index in [9.17, 15) is 0 Å². The first-order valence-electron chi connectivity index (χ1n) is 2.66. The number of rotatable bonds is 0. The SMILES string of the molecule is [2H]C1CSC([2H])N1. The summed E-state index contributed by atoms with van der Waals surface area (Å²) in [5.41, 5.74) is 0. The van der Waals surface area contributed by atoms with Gasteiger partial charge in [-0.05, 0) is 0 Å². The van der Waals surface area contributed by atoms with Gasteiger partial charge >= 0.3 is 0 Å². The molecule has 0 aromatic heterocycles. The van der Waals surface area contributed by atoms with Crippen molar-refractivity contribution < 1.29 is 2.74 Å². The van der Waals surface area contributed by atoms with E-state index in [-0.39, 0.29) is 12.4 Å². The predicted octanol–water partition coefficient (Wildman–Crippen LogP) is 0.280. The Morgan fingerprint density at radius 1 is 2.00 bits per heavy atom. The van der Waals surface area contributed by atoms with Crippen LogP contribution in [0.1, 0.15) is 2.74 Å². The second-order valence-corrected chi connectivity index (χ2v) is 1.72. The highest BCUT2D eigenvalue weighted by Gasteiger charge is 1.93. The zero-order valence-electron chi connectivity index (χ0n) is 4.77. The number of hydrogen-bond acceptors (Lipinski definition) is 2. The Morgan fingerprint density at radius 2 is 3.00 bits per heavy atom. The lowest BCUT2D eigenvalue weighted by Gasteiger charge is -1.74. The van der Waals surface area contributed by atoms with E-state index in [1.165, 1.54) is 11.8 Å². The first kappa shape index (κ1) is 1.85. The minimum absolute atomic E-state index is 0.201. The van der Waals surface area contributed by atoms with Gasteiger partial charge in [-0.25, -0.2) is 0 Å². The Bertz CT molecular complexity index is 62.0.